The number of rotatable bonds is 2. The van der Waals surface area contributed by atoms with Gasteiger partial charge in [0.2, 0.25) is 0 Å². The van der Waals surface area contributed by atoms with Gasteiger partial charge in [0.15, 0.2) is 0 Å². The Morgan fingerprint density at radius 1 is 1.36 bits per heavy atom. The fraction of sp³-hybridized carbons (Fsp3) is 0.333. The summed E-state index contributed by atoms with van der Waals surface area (Å²) >= 11 is 0. The van der Waals surface area contributed by atoms with Crippen LogP contribution in [-0.4, -0.2) is 16.3 Å². The molecular formula is C9H11F2NO2. The lowest BCUT2D eigenvalue weighted by Crippen LogP contribution is -2.25. The Balaban J connectivity index is 3.20. The molecule has 0 aromatic heterocycles. The monoisotopic (exact) mass is 203 g/mol. The summed E-state index contributed by atoms with van der Waals surface area (Å²) < 4.78 is 25.7. The van der Waals surface area contributed by atoms with E-state index in [9.17, 15) is 19.0 Å². The predicted molar refractivity (Wildman–Crippen MR) is 46.6 cm³/mol. The molecule has 14 heavy (non-hydrogen) atoms. The summed E-state index contributed by atoms with van der Waals surface area (Å²) in [4.78, 5) is 0. The van der Waals surface area contributed by atoms with E-state index in [2.05, 4.69) is 0 Å². The number of benzene rings is 1. The quantitative estimate of drug-likeness (QED) is 0.673. The molecule has 0 aliphatic rings. The Hall–Kier alpha value is -1.20. The second-order valence-electron chi connectivity index (χ2n) is 3.12. The second kappa shape index (κ2) is 3.89. The van der Waals surface area contributed by atoms with Crippen molar-refractivity contribution >= 4 is 0 Å². The van der Waals surface area contributed by atoms with E-state index in [4.69, 9.17) is 5.73 Å². The number of hydrogen-bond acceptors (Lipinski definition) is 3. The van der Waals surface area contributed by atoms with Crippen LogP contribution >= 0.6 is 0 Å². The van der Waals surface area contributed by atoms with Crippen LogP contribution in [-0.2, 0) is 0 Å². The minimum atomic E-state index is -1.35. The molecule has 0 bridgehead atoms. The zero-order valence-corrected chi connectivity index (χ0v) is 7.54. The van der Waals surface area contributed by atoms with Crippen molar-refractivity contribution in [2.24, 2.45) is 5.73 Å². The van der Waals surface area contributed by atoms with Crippen molar-refractivity contribution in [2.75, 3.05) is 0 Å². The van der Waals surface area contributed by atoms with Gasteiger partial charge in [0.1, 0.15) is 23.5 Å². The molecular weight excluding hydrogens is 192 g/mol. The van der Waals surface area contributed by atoms with Gasteiger partial charge in [-0.25, -0.2) is 8.78 Å². The molecule has 3 nitrogen and oxygen atoms in total. The summed E-state index contributed by atoms with van der Waals surface area (Å²) in [6, 6.07) is 0.561. The van der Waals surface area contributed by atoms with Gasteiger partial charge in [-0.2, -0.15) is 0 Å². The van der Waals surface area contributed by atoms with Crippen molar-refractivity contribution < 1.29 is 19.0 Å². The lowest BCUT2D eigenvalue weighted by atomic mass is 10.0. The van der Waals surface area contributed by atoms with Crippen LogP contribution in [0.3, 0.4) is 0 Å². The summed E-state index contributed by atoms with van der Waals surface area (Å²) in [5, 5.41) is 18.6. The molecule has 4 N–H and O–H groups in total. The molecule has 0 saturated heterocycles. The molecule has 0 aliphatic heterocycles. The van der Waals surface area contributed by atoms with Gasteiger partial charge in [0, 0.05) is 18.2 Å². The Bertz CT molecular complexity index is 319. The average molecular weight is 203 g/mol. The topological polar surface area (TPSA) is 66.5 Å². The van der Waals surface area contributed by atoms with Gasteiger partial charge >= 0.3 is 0 Å². The minimum Gasteiger partial charge on any atom is -0.507 e. The van der Waals surface area contributed by atoms with Crippen LogP contribution in [0.5, 0.6) is 5.75 Å². The van der Waals surface area contributed by atoms with Crippen molar-refractivity contribution in [1.82, 2.24) is 0 Å². The number of aromatic hydroxyl groups is 1. The van der Waals surface area contributed by atoms with Crippen LogP contribution in [0.4, 0.5) is 8.78 Å². The number of aliphatic hydroxyl groups is 1. The third-order valence-corrected chi connectivity index (χ3v) is 1.87. The average Bonchev–Trinajstić information content (AvgIpc) is 2.01. The van der Waals surface area contributed by atoms with E-state index in [0.717, 1.165) is 6.07 Å². The largest absolute Gasteiger partial charge is 0.507 e. The van der Waals surface area contributed by atoms with Crippen LogP contribution in [0.15, 0.2) is 12.1 Å². The SMILES string of the molecule is CC(N)C(O)c1c(O)cc(F)cc1F. The van der Waals surface area contributed by atoms with E-state index in [-0.39, 0.29) is 5.56 Å². The van der Waals surface area contributed by atoms with Crippen LogP contribution < -0.4 is 5.73 Å². The van der Waals surface area contributed by atoms with E-state index in [1.807, 2.05) is 0 Å². The summed E-state index contributed by atoms with van der Waals surface area (Å²) in [7, 11) is 0. The minimum absolute atomic E-state index is 0.374. The highest BCUT2D eigenvalue weighted by molar-refractivity contribution is 5.36. The van der Waals surface area contributed by atoms with Crippen LogP contribution in [0, 0.1) is 11.6 Å². The smallest absolute Gasteiger partial charge is 0.135 e. The Labute approximate surface area is 79.8 Å². The molecule has 0 saturated carbocycles. The first-order valence-electron chi connectivity index (χ1n) is 4.05. The highest BCUT2D eigenvalue weighted by Crippen LogP contribution is 2.29. The molecule has 0 spiro atoms. The van der Waals surface area contributed by atoms with Gasteiger partial charge in [-0.05, 0) is 6.92 Å². The highest BCUT2D eigenvalue weighted by Gasteiger charge is 2.21. The molecule has 0 radical (unpaired) electrons. The number of phenols is 1. The zero-order chi connectivity index (χ0) is 10.9. The Kier molecular flexibility index (Phi) is 3.03. The van der Waals surface area contributed by atoms with E-state index in [1.165, 1.54) is 6.92 Å². The highest BCUT2D eigenvalue weighted by atomic mass is 19.1. The van der Waals surface area contributed by atoms with Crippen molar-refractivity contribution in [2.45, 2.75) is 19.1 Å². The number of halogens is 2. The van der Waals surface area contributed by atoms with E-state index >= 15 is 0 Å². The molecule has 0 fully saturated rings. The number of phenolic OH excluding ortho intramolecular Hbond substituents is 1. The fourth-order valence-corrected chi connectivity index (χ4v) is 1.13. The summed E-state index contributed by atoms with van der Waals surface area (Å²) in [5.41, 5.74) is 4.95. The lowest BCUT2D eigenvalue weighted by Gasteiger charge is -2.16. The van der Waals surface area contributed by atoms with Crippen molar-refractivity contribution in [3.8, 4) is 5.75 Å². The Morgan fingerprint density at radius 2 is 1.93 bits per heavy atom. The van der Waals surface area contributed by atoms with Crippen molar-refractivity contribution in [1.29, 1.82) is 0 Å². The maximum absolute atomic E-state index is 13.1. The molecule has 0 amide bonds. The maximum Gasteiger partial charge on any atom is 0.135 e. The van der Waals surface area contributed by atoms with Gasteiger partial charge in [-0.15, -0.1) is 0 Å². The molecule has 5 heteroatoms. The van der Waals surface area contributed by atoms with Crippen molar-refractivity contribution in [3.63, 3.8) is 0 Å². The first-order valence-corrected chi connectivity index (χ1v) is 4.05. The van der Waals surface area contributed by atoms with Crippen LogP contribution in [0.2, 0.25) is 0 Å². The third-order valence-electron chi connectivity index (χ3n) is 1.87. The second-order valence-corrected chi connectivity index (χ2v) is 3.12. The third kappa shape index (κ3) is 2.00. The maximum atomic E-state index is 13.1. The van der Waals surface area contributed by atoms with Crippen molar-refractivity contribution in [3.05, 3.63) is 29.3 Å². The molecule has 0 aliphatic carbocycles. The summed E-state index contributed by atoms with van der Waals surface area (Å²) in [5.74, 6) is -2.54. The molecule has 1 aromatic carbocycles. The van der Waals surface area contributed by atoms with Gasteiger partial charge in [-0.3, -0.25) is 0 Å². The molecule has 78 valence electrons. The standard InChI is InChI=1S/C9H11F2NO2/c1-4(12)9(14)8-6(11)2-5(10)3-7(8)13/h2-4,9,13-14H,12H2,1H3. The van der Waals surface area contributed by atoms with Crippen LogP contribution in [0.25, 0.3) is 0 Å². The molecule has 1 rings (SSSR count). The van der Waals surface area contributed by atoms with E-state index in [0.29, 0.717) is 6.07 Å². The fourth-order valence-electron chi connectivity index (χ4n) is 1.13. The van der Waals surface area contributed by atoms with E-state index < -0.39 is 29.5 Å². The van der Waals surface area contributed by atoms with Crippen LogP contribution in [0.1, 0.15) is 18.6 Å². The zero-order valence-electron chi connectivity index (χ0n) is 7.54. The normalized spacial score (nSPS) is 15.2. The number of aliphatic hydroxyl groups excluding tert-OH is 1. The predicted octanol–water partition coefficient (Wildman–Crippen LogP) is 1.05. The van der Waals surface area contributed by atoms with E-state index in [1.54, 1.807) is 0 Å². The molecule has 1 aromatic rings. The first kappa shape index (κ1) is 10.9. The molecule has 0 heterocycles. The summed E-state index contributed by atoms with van der Waals surface area (Å²) in [6.07, 6.45) is -1.35. The van der Waals surface area contributed by atoms with Gasteiger partial charge < -0.3 is 15.9 Å². The lowest BCUT2D eigenvalue weighted by molar-refractivity contribution is 0.145. The molecule has 2 unspecified atom stereocenters. The number of hydrogen-bond donors (Lipinski definition) is 3. The Morgan fingerprint density at radius 3 is 2.36 bits per heavy atom. The first-order chi connectivity index (χ1) is 6.43. The van der Waals surface area contributed by atoms with Gasteiger partial charge in [-0.1, -0.05) is 0 Å². The summed E-state index contributed by atoms with van der Waals surface area (Å²) in [6.45, 7) is 1.45. The molecule has 2 atom stereocenters. The van der Waals surface area contributed by atoms with Gasteiger partial charge in [0.05, 0.1) is 5.56 Å². The number of nitrogens with two attached hydrogens (primary N) is 1. The van der Waals surface area contributed by atoms with Gasteiger partial charge in [0.25, 0.3) is 0 Å².